The SMILES string of the molecule is COC1CNC(C(=O)NC(C)(C)C2CC2)C1. The van der Waals surface area contributed by atoms with Crippen molar-refractivity contribution in [3.63, 3.8) is 0 Å². The molecule has 2 N–H and O–H groups in total. The third-order valence-electron chi connectivity index (χ3n) is 3.78. The van der Waals surface area contributed by atoms with E-state index in [1.165, 1.54) is 12.8 Å². The second-order valence-electron chi connectivity index (χ2n) is 5.54. The fraction of sp³-hybridized carbons (Fsp3) is 0.917. The van der Waals surface area contributed by atoms with Crippen LogP contribution in [0, 0.1) is 5.92 Å². The van der Waals surface area contributed by atoms with Crippen LogP contribution in [0.4, 0.5) is 0 Å². The molecule has 2 atom stereocenters. The largest absolute Gasteiger partial charge is 0.380 e. The molecule has 4 heteroatoms. The molecule has 2 fully saturated rings. The first-order valence-electron chi connectivity index (χ1n) is 6.11. The van der Waals surface area contributed by atoms with E-state index in [4.69, 9.17) is 4.74 Å². The first kappa shape index (κ1) is 11.9. The summed E-state index contributed by atoms with van der Waals surface area (Å²) in [6, 6.07) is -0.0806. The van der Waals surface area contributed by atoms with E-state index in [0.717, 1.165) is 13.0 Å². The average molecular weight is 226 g/mol. The summed E-state index contributed by atoms with van der Waals surface area (Å²) in [4.78, 5) is 12.0. The van der Waals surface area contributed by atoms with Gasteiger partial charge in [0.25, 0.3) is 0 Å². The highest BCUT2D eigenvalue weighted by atomic mass is 16.5. The Hall–Kier alpha value is -0.610. The average Bonchev–Trinajstić information content (AvgIpc) is 2.97. The molecule has 0 spiro atoms. The minimum absolute atomic E-state index is 0.0517. The van der Waals surface area contributed by atoms with Gasteiger partial charge in [-0.05, 0) is 39.0 Å². The molecular formula is C12H22N2O2. The van der Waals surface area contributed by atoms with Crippen LogP contribution in [-0.4, -0.2) is 37.2 Å². The Labute approximate surface area is 97.1 Å². The molecule has 1 heterocycles. The number of ether oxygens (including phenoxy) is 1. The number of hydrogen-bond donors (Lipinski definition) is 2. The van der Waals surface area contributed by atoms with Gasteiger partial charge in [-0.15, -0.1) is 0 Å². The van der Waals surface area contributed by atoms with E-state index in [-0.39, 0.29) is 23.6 Å². The molecule has 0 aromatic heterocycles. The smallest absolute Gasteiger partial charge is 0.237 e. The summed E-state index contributed by atoms with van der Waals surface area (Å²) >= 11 is 0. The molecule has 2 aliphatic rings. The quantitative estimate of drug-likeness (QED) is 0.740. The van der Waals surface area contributed by atoms with Gasteiger partial charge in [0.2, 0.25) is 5.91 Å². The number of rotatable bonds is 4. The van der Waals surface area contributed by atoms with Crippen LogP contribution < -0.4 is 10.6 Å². The maximum absolute atomic E-state index is 12.0. The third kappa shape index (κ3) is 2.55. The molecule has 2 unspecified atom stereocenters. The Morgan fingerprint density at radius 3 is 2.62 bits per heavy atom. The fourth-order valence-electron chi connectivity index (χ4n) is 2.39. The van der Waals surface area contributed by atoms with Gasteiger partial charge in [-0.1, -0.05) is 0 Å². The van der Waals surface area contributed by atoms with Crippen molar-refractivity contribution in [3.05, 3.63) is 0 Å². The van der Waals surface area contributed by atoms with Crippen LogP contribution in [-0.2, 0) is 9.53 Å². The third-order valence-corrected chi connectivity index (χ3v) is 3.78. The van der Waals surface area contributed by atoms with E-state index in [9.17, 15) is 4.79 Å². The lowest BCUT2D eigenvalue weighted by Gasteiger charge is -2.27. The minimum atomic E-state index is -0.0806. The highest BCUT2D eigenvalue weighted by Crippen LogP contribution is 2.39. The molecule has 0 aromatic rings. The van der Waals surface area contributed by atoms with Gasteiger partial charge in [-0.25, -0.2) is 0 Å². The molecule has 0 bridgehead atoms. The van der Waals surface area contributed by atoms with Crippen molar-refractivity contribution in [2.45, 2.75) is 50.8 Å². The van der Waals surface area contributed by atoms with E-state index >= 15 is 0 Å². The summed E-state index contributed by atoms with van der Waals surface area (Å²) in [5.74, 6) is 0.785. The standard InChI is InChI=1S/C12H22N2O2/c1-12(2,8-4-5-8)14-11(15)10-6-9(16-3)7-13-10/h8-10,13H,4-7H2,1-3H3,(H,14,15). The molecule has 0 aromatic carbocycles. The van der Waals surface area contributed by atoms with Crippen LogP contribution in [0.5, 0.6) is 0 Å². The maximum atomic E-state index is 12.0. The summed E-state index contributed by atoms with van der Waals surface area (Å²) in [5, 5.41) is 6.35. The van der Waals surface area contributed by atoms with Gasteiger partial charge >= 0.3 is 0 Å². The number of hydrogen-bond acceptors (Lipinski definition) is 3. The molecular weight excluding hydrogens is 204 g/mol. The zero-order chi connectivity index (χ0) is 11.8. The summed E-state index contributed by atoms with van der Waals surface area (Å²) in [6.07, 6.45) is 3.45. The molecule has 1 saturated carbocycles. The van der Waals surface area contributed by atoms with Crippen molar-refractivity contribution >= 4 is 5.91 Å². The van der Waals surface area contributed by atoms with Crippen molar-refractivity contribution in [3.8, 4) is 0 Å². The van der Waals surface area contributed by atoms with Gasteiger partial charge in [0.1, 0.15) is 0 Å². The summed E-state index contributed by atoms with van der Waals surface area (Å²) in [7, 11) is 1.70. The Morgan fingerprint density at radius 2 is 2.12 bits per heavy atom. The molecule has 16 heavy (non-hydrogen) atoms. The first-order valence-corrected chi connectivity index (χ1v) is 6.11. The van der Waals surface area contributed by atoms with Crippen LogP contribution in [0.3, 0.4) is 0 Å². The lowest BCUT2D eigenvalue weighted by atomic mass is 9.98. The molecule has 1 aliphatic heterocycles. The first-order chi connectivity index (χ1) is 7.53. The lowest BCUT2D eigenvalue weighted by molar-refractivity contribution is -0.124. The second-order valence-corrected chi connectivity index (χ2v) is 5.54. The van der Waals surface area contributed by atoms with Crippen LogP contribution in [0.2, 0.25) is 0 Å². The van der Waals surface area contributed by atoms with E-state index in [2.05, 4.69) is 24.5 Å². The van der Waals surface area contributed by atoms with Crippen molar-refractivity contribution in [1.82, 2.24) is 10.6 Å². The van der Waals surface area contributed by atoms with E-state index in [0.29, 0.717) is 5.92 Å². The number of carbonyl (C=O) groups is 1. The van der Waals surface area contributed by atoms with Gasteiger partial charge in [0.05, 0.1) is 12.1 Å². The molecule has 1 amide bonds. The van der Waals surface area contributed by atoms with Crippen molar-refractivity contribution in [1.29, 1.82) is 0 Å². The number of nitrogens with one attached hydrogen (secondary N) is 2. The Kier molecular flexibility index (Phi) is 3.22. The van der Waals surface area contributed by atoms with Crippen LogP contribution >= 0.6 is 0 Å². The highest BCUT2D eigenvalue weighted by Gasteiger charge is 2.40. The zero-order valence-electron chi connectivity index (χ0n) is 10.4. The van der Waals surface area contributed by atoms with Crippen molar-refractivity contribution < 1.29 is 9.53 Å². The van der Waals surface area contributed by atoms with E-state index < -0.39 is 0 Å². The monoisotopic (exact) mass is 226 g/mol. The zero-order valence-corrected chi connectivity index (χ0v) is 10.4. The number of amides is 1. The molecule has 0 radical (unpaired) electrons. The summed E-state index contributed by atoms with van der Waals surface area (Å²) < 4.78 is 5.24. The Morgan fingerprint density at radius 1 is 1.44 bits per heavy atom. The predicted octanol–water partition coefficient (Wildman–Crippen LogP) is 0.668. The number of methoxy groups -OCH3 is 1. The molecule has 1 saturated heterocycles. The van der Waals surface area contributed by atoms with E-state index in [1.807, 2.05) is 0 Å². The molecule has 1 aliphatic carbocycles. The predicted molar refractivity (Wildman–Crippen MR) is 62.2 cm³/mol. The van der Waals surface area contributed by atoms with Gasteiger partial charge < -0.3 is 15.4 Å². The van der Waals surface area contributed by atoms with Crippen LogP contribution in [0.1, 0.15) is 33.1 Å². The van der Waals surface area contributed by atoms with Crippen molar-refractivity contribution in [2.24, 2.45) is 5.92 Å². The van der Waals surface area contributed by atoms with Crippen LogP contribution in [0.15, 0.2) is 0 Å². The molecule has 4 nitrogen and oxygen atoms in total. The normalized spacial score (nSPS) is 30.4. The lowest BCUT2D eigenvalue weighted by Crippen LogP contribution is -2.51. The van der Waals surface area contributed by atoms with E-state index in [1.54, 1.807) is 7.11 Å². The molecule has 92 valence electrons. The summed E-state index contributed by atoms with van der Waals surface area (Å²) in [5.41, 5.74) is -0.0517. The fourth-order valence-corrected chi connectivity index (χ4v) is 2.39. The maximum Gasteiger partial charge on any atom is 0.237 e. The van der Waals surface area contributed by atoms with Crippen LogP contribution in [0.25, 0.3) is 0 Å². The van der Waals surface area contributed by atoms with Gasteiger partial charge in [-0.2, -0.15) is 0 Å². The van der Waals surface area contributed by atoms with Crippen molar-refractivity contribution in [2.75, 3.05) is 13.7 Å². The summed E-state index contributed by atoms with van der Waals surface area (Å²) in [6.45, 7) is 5.01. The van der Waals surface area contributed by atoms with Gasteiger partial charge in [0, 0.05) is 19.2 Å². The second kappa shape index (κ2) is 4.34. The number of carbonyl (C=O) groups excluding carboxylic acids is 1. The molecule has 2 rings (SSSR count). The minimum Gasteiger partial charge on any atom is -0.380 e. The Bertz CT molecular complexity index is 274. The van der Waals surface area contributed by atoms with Gasteiger partial charge in [-0.3, -0.25) is 4.79 Å². The Balaban J connectivity index is 1.84. The topological polar surface area (TPSA) is 50.4 Å². The highest BCUT2D eigenvalue weighted by molar-refractivity contribution is 5.82. The van der Waals surface area contributed by atoms with Gasteiger partial charge in [0.15, 0.2) is 0 Å².